The highest BCUT2D eigenvalue weighted by Gasteiger charge is 2.11. The first-order valence-electron chi connectivity index (χ1n) is 8.15. The van der Waals surface area contributed by atoms with E-state index < -0.39 is 0 Å². The van der Waals surface area contributed by atoms with Crippen LogP contribution in [0.2, 0.25) is 0 Å². The predicted molar refractivity (Wildman–Crippen MR) is 94.5 cm³/mol. The molecule has 1 aliphatic rings. The van der Waals surface area contributed by atoms with Crippen molar-refractivity contribution in [3.05, 3.63) is 59.7 Å². The van der Waals surface area contributed by atoms with Gasteiger partial charge >= 0.3 is 0 Å². The molecule has 24 heavy (non-hydrogen) atoms. The fourth-order valence-electron chi connectivity index (χ4n) is 2.69. The third-order valence-corrected chi connectivity index (χ3v) is 4.09. The summed E-state index contributed by atoms with van der Waals surface area (Å²) in [5.74, 6) is 0.312. The minimum atomic E-state index is 0.312. The highest BCUT2D eigenvalue weighted by Crippen LogP contribution is 2.24. The number of nitrogens with zero attached hydrogens (tertiary/aromatic N) is 4. The molecule has 6 nitrogen and oxygen atoms in total. The standard InChI is InChI=1S/C18H23N5O/c1-14-4-5-16(12-18(14)24)21-17-6-11-22(13-15(17)2)9-3-10-23-19-7-8-20-23/h4-8,12-13,21,24H,3,9-11H2,1-2H3. The van der Waals surface area contributed by atoms with Gasteiger partial charge in [-0.2, -0.15) is 15.0 Å². The second-order valence-electron chi connectivity index (χ2n) is 6.03. The summed E-state index contributed by atoms with van der Waals surface area (Å²) in [7, 11) is 0. The highest BCUT2D eigenvalue weighted by molar-refractivity contribution is 5.57. The van der Waals surface area contributed by atoms with Crippen molar-refractivity contribution >= 4 is 5.69 Å². The summed E-state index contributed by atoms with van der Waals surface area (Å²) in [5.41, 5.74) is 4.04. The zero-order valence-corrected chi connectivity index (χ0v) is 14.1. The largest absolute Gasteiger partial charge is 0.508 e. The molecule has 0 spiro atoms. The first-order valence-corrected chi connectivity index (χ1v) is 8.15. The van der Waals surface area contributed by atoms with Gasteiger partial charge in [0.2, 0.25) is 0 Å². The lowest BCUT2D eigenvalue weighted by Crippen LogP contribution is -2.25. The normalized spacial score (nSPS) is 14.3. The summed E-state index contributed by atoms with van der Waals surface area (Å²) in [6.45, 7) is 6.64. The molecule has 6 heteroatoms. The number of hydrogen-bond donors (Lipinski definition) is 2. The van der Waals surface area contributed by atoms with E-state index in [4.69, 9.17) is 0 Å². The van der Waals surface area contributed by atoms with Crippen molar-refractivity contribution in [2.75, 3.05) is 18.4 Å². The maximum atomic E-state index is 9.82. The van der Waals surface area contributed by atoms with Crippen LogP contribution in [0.4, 0.5) is 5.69 Å². The van der Waals surface area contributed by atoms with E-state index in [-0.39, 0.29) is 0 Å². The molecule has 0 unspecified atom stereocenters. The molecule has 0 radical (unpaired) electrons. The Morgan fingerprint density at radius 1 is 1.17 bits per heavy atom. The van der Waals surface area contributed by atoms with Crippen molar-refractivity contribution in [1.82, 2.24) is 19.9 Å². The second kappa shape index (κ2) is 7.21. The van der Waals surface area contributed by atoms with Crippen molar-refractivity contribution in [3.63, 3.8) is 0 Å². The topological polar surface area (TPSA) is 66.2 Å². The van der Waals surface area contributed by atoms with Gasteiger partial charge < -0.3 is 15.3 Å². The molecule has 0 saturated carbocycles. The van der Waals surface area contributed by atoms with E-state index >= 15 is 0 Å². The summed E-state index contributed by atoms with van der Waals surface area (Å²) in [6, 6.07) is 5.65. The number of nitrogens with one attached hydrogen (secondary N) is 1. The Bertz CT molecular complexity index is 749. The number of rotatable bonds is 6. The lowest BCUT2D eigenvalue weighted by Gasteiger charge is -2.26. The molecule has 0 saturated heterocycles. The van der Waals surface area contributed by atoms with E-state index in [1.165, 1.54) is 5.57 Å². The predicted octanol–water partition coefficient (Wildman–Crippen LogP) is 2.90. The molecule has 1 aliphatic heterocycles. The van der Waals surface area contributed by atoms with Gasteiger partial charge in [-0.05, 0) is 43.5 Å². The van der Waals surface area contributed by atoms with Gasteiger partial charge in [-0.1, -0.05) is 6.07 Å². The van der Waals surface area contributed by atoms with Gasteiger partial charge in [-0.15, -0.1) is 0 Å². The van der Waals surface area contributed by atoms with Crippen molar-refractivity contribution < 1.29 is 5.11 Å². The Morgan fingerprint density at radius 3 is 2.67 bits per heavy atom. The number of aryl methyl sites for hydroxylation is 2. The molecule has 3 rings (SSSR count). The second-order valence-corrected chi connectivity index (χ2v) is 6.03. The average molecular weight is 325 g/mol. The van der Waals surface area contributed by atoms with Crippen LogP contribution in [-0.2, 0) is 6.54 Å². The van der Waals surface area contributed by atoms with E-state index in [1.807, 2.05) is 19.1 Å². The molecular formula is C18H23N5O. The van der Waals surface area contributed by atoms with Crippen LogP contribution in [0.5, 0.6) is 5.75 Å². The number of phenols is 1. The quantitative estimate of drug-likeness (QED) is 0.855. The van der Waals surface area contributed by atoms with Crippen LogP contribution in [0, 0.1) is 6.92 Å². The highest BCUT2D eigenvalue weighted by atomic mass is 16.3. The fourth-order valence-corrected chi connectivity index (χ4v) is 2.69. The van der Waals surface area contributed by atoms with Crippen LogP contribution in [0.25, 0.3) is 0 Å². The van der Waals surface area contributed by atoms with Crippen molar-refractivity contribution in [2.24, 2.45) is 0 Å². The van der Waals surface area contributed by atoms with Crippen LogP contribution in [0.3, 0.4) is 0 Å². The van der Waals surface area contributed by atoms with Gasteiger partial charge in [-0.25, -0.2) is 0 Å². The molecule has 1 aromatic carbocycles. The summed E-state index contributed by atoms with van der Waals surface area (Å²) in [6.07, 6.45) is 8.76. The third-order valence-electron chi connectivity index (χ3n) is 4.09. The molecule has 2 aromatic rings. The van der Waals surface area contributed by atoms with Crippen LogP contribution in [0.1, 0.15) is 18.9 Å². The smallest absolute Gasteiger partial charge is 0.120 e. The molecule has 0 fully saturated rings. The number of hydrogen-bond acceptors (Lipinski definition) is 5. The van der Waals surface area contributed by atoms with Crippen LogP contribution in [-0.4, -0.2) is 38.1 Å². The first kappa shape index (κ1) is 16.1. The third kappa shape index (κ3) is 3.95. The van der Waals surface area contributed by atoms with E-state index in [9.17, 15) is 5.11 Å². The molecule has 126 valence electrons. The molecule has 0 atom stereocenters. The minimum Gasteiger partial charge on any atom is -0.508 e. The zero-order valence-electron chi connectivity index (χ0n) is 14.1. The number of benzene rings is 1. The SMILES string of the molecule is CC1=CN(CCCn2nccn2)CC=C1Nc1ccc(C)c(O)c1. The van der Waals surface area contributed by atoms with E-state index in [0.29, 0.717) is 5.75 Å². The first-order chi connectivity index (χ1) is 11.6. The molecular weight excluding hydrogens is 302 g/mol. The molecule has 0 amide bonds. The number of aromatic hydroxyl groups is 1. The van der Waals surface area contributed by atoms with Crippen molar-refractivity contribution in [3.8, 4) is 5.75 Å². The lowest BCUT2D eigenvalue weighted by atomic mass is 10.1. The maximum absolute atomic E-state index is 9.82. The van der Waals surface area contributed by atoms with E-state index in [2.05, 4.69) is 39.6 Å². The fraction of sp³-hybridized carbons (Fsp3) is 0.333. The summed E-state index contributed by atoms with van der Waals surface area (Å²) >= 11 is 0. The molecule has 0 bridgehead atoms. The van der Waals surface area contributed by atoms with E-state index in [0.717, 1.165) is 43.0 Å². The Hall–Kier alpha value is -2.76. The van der Waals surface area contributed by atoms with Gasteiger partial charge in [0.05, 0.1) is 18.9 Å². The summed E-state index contributed by atoms with van der Waals surface area (Å²) in [4.78, 5) is 4.00. The summed E-state index contributed by atoms with van der Waals surface area (Å²) < 4.78 is 0. The molecule has 2 heterocycles. The number of aromatic nitrogens is 3. The van der Waals surface area contributed by atoms with Gasteiger partial charge in [0.15, 0.2) is 0 Å². The minimum absolute atomic E-state index is 0.312. The van der Waals surface area contributed by atoms with E-state index in [1.54, 1.807) is 23.3 Å². The van der Waals surface area contributed by atoms with Crippen LogP contribution in [0.15, 0.2) is 54.1 Å². The molecule has 0 aliphatic carbocycles. The number of allylic oxidation sites excluding steroid dienone is 1. The van der Waals surface area contributed by atoms with Gasteiger partial charge in [0.1, 0.15) is 5.75 Å². The Kier molecular flexibility index (Phi) is 4.84. The molecule has 2 N–H and O–H groups in total. The van der Waals surface area contributed by atoms with Crippen LogP contribution >= 0.6 is 0 Å². The van der Waals surface area contributed by atoms with Crippen molar-refractivity contribution in [2.45, 2.75) is 26.8 Å². The maximum Gasteiger partial charge on any atom is 0.120 e. The monoisotopic (exact) mass is 325 g/mol. The average Bonchev–Trinajstić information content (AvgIpc) is 3.07. The van der Waals surface area contributed by atoms with Gasteiger partial charge in [0.25, 0.3) is 0 Å². The van der Waals surface area contributed by atoms with Crippen molar-refractivity contribution in [1.29, 1.82) is 0 Å². The van der Waals surface area contributed by atoms with Crippen LogP contribution < -0.4 is 5.32 Å². The Labute approximate surface area is 142 Å². The van der Waals surface area contributed by atoms with Gasteiger partial charge in [0, 0.05) is 36.7 Å². The zero-order chi connectivity index (χ0) is 16.9. The lowest BCUT2D eigenvalue weighted by molar-refractivity contribution is 0.370. The Balaban J connectivity index is 1.53. The van der Waals surface area contributed by atoms with Gasteiger partial charge in [-0.3, -0.25) is 0 Å². The number of anilines is 1. The molecule has 1 aromatic heterocycles. The number of phenolic OH excluding ortho intramolecular Hbond substituents is 1. The Morgan fingerprint density at radius 2 is 1.96 bits per heavy atom. The summed E-state index contributed by atoms with van der Waals surface area (Å²) in [5, 5.41) is 21.4.